The minimum Gasteiger partial charge on any atom is -0.464 e. The fourth-order valence-electron chi connectivity index (χ4n) is 2.87. The number of unbranched alkanes of at least 4 members (excludes halogenated alkanes) is 2. The molecule has 0 bridgehead atoms. The van der Waals surface area contributed by atoms with E-state index >= 15 is 0 Å². The predicted molar refractivity (Wildman–Crippen MR) is 103 cm³/mol. The molecular weight excluding hydrogens is 440 g/mol. The summed E-state index contributed by atoms with van der Waals surface area (Å²) in [5.41, 5.74) is 0.626. The number of fused-ring (bicyclic) bond motifs is 1. The number of nitrogens with zero attached hydrogens (tertiary/aromatic N) is 1. The number of β-lactam (4-membered cyclic amide) rings is 1. The van der Waals surface area contributed by atoms with Crippen molar-refractivity contribution in [3.05, 3.63) is 11.3 Å². The molecule has 10 heteroatoms. The number of carbonyl (C=O) groups is 4. The van der Waals surface area contributed by atoms with Crippen LogP contribution in [0.4, 0.5) is 0 Å². The number of hydrogen-bond acceptors (Lipinski definition) is 7. The summed E-state index contributed by atoms with van der Waals surface area (Å²) >= 11 is 4.76. The summed E-state index contributed by atoms with van der Waals surface area (Å²) in [5.74, 6) is -1.25. The Balaban J connectivity index is 2.03. The molecule has 0 aliphatic carbocycles. The van der Waals surface area contributed by atoms with Gasteiger partial charge in [0.1, 0.15) is 23.7 Å². The molecule has 0 aromatic heterocycles. The van der Waals surface area contributed by atoms with Gasteiger partial charge in [-0.2, -0.15) is 0 Å². The fourth-order valence-corrected chi connectivity index (χ4v) is 4.59. The number of nitrogens with one attached hydrogen (secondary N) is 1. The Morgan fingerprint density at radius 1 is 1.30 bits per heavy atom. The summed E-state index contributed by atoms with van der Waals surface area (Å²) in [7, 11) is 1.23. The van der Waals surface area contributed by atoms with E-state index in [0.717, 1.165) is 24.6 Å². The third-order valence-electron chi connectivity index (χ3n) is 4.23. The zero-order chi connectivity index (χ0) is 20.0. The molecule has 0 unspecified atom stereocenters. The number of halogens is 1. The summed E-state index contributed by atoms with van der Waals surface area (Å²) in [6.07, 6.45) is 3.07. The maximum Gasteiger partial charge on any atom is 0.354 e. The monoisotopic (exact) mass is 462 g/mol. The molecule has 1 fully saturated rings. The van der Waals surface area contributed by atoms with E-state index in [4.69, 9.17) is 9.47 Å². The Labute approximate surface area is 170 Å². The summed E-state index contributed by atoms with van der Waals surface area (Å²) in [5, 5.41) is 3.30. The Hall–Kier alpha value is -1.55. The first-order valence-corrected chi connectivity index (χ1v) is 10.8. The van der Waals surface area contributed by atoms with E-state index in [0.29, 0.717) is 17.7 Å². The van der Waals surface area contributed by atoms with E-state index in [-0.39, 0.29) is 29.5 Å². The van der Waals surface area contributed by atoms with Crippen molar-refractivity contribution >= 4 is 51.4 Å². The second-order valence-corrected chi connectivity index (χ2v) is 8.08. The zero-order valence-corrected chi connectivity index (χ0v) is 17.7. The van der Waals surface area contributed by atoms with Crippen molar-refractivity contribution in [2.45, 2.75) is 44.0 Å². The fraction of sp³-hybridized carbons (Fsp3) is 0.647. The molecule has 0 aromatic carbocycles. The highest BCUT2D eigenvalue weighted by molar-refractivity contribution is 9.09. The lowest BCUT2D eigenvalue weighted by Gasteiger charge is -2.49. The number of hydrogen-bond donors (Lipinski definition) is 1. The molecule has 2 aliphatic rings. The lowest BCUT2D eigenvalue weighted by Crippen LogP contribution is -2.70. The third kappa shape index (κ3) is 5.25. The van der Waals surface area contributed by atoms with Crippen molar-refractivity contribution < 1.29 is 28.7 Å². The van der Waals surface area contributed by atoms with E-state index in [1.807, 2.05) is 0 Å². The van der Waals surface area contributed by atoms with Crippen molar-refractivity contribution in [1.82, 2.24) is 10.2 Å². The number of alkyl halides is 1. The molecule has 0 saturated carbocycles. The van der Waals surface area contributed by atoms with Crippen LogP contribution in [0.1, 0.15) is 32.6 Å². The van der Waals surface area contributed by atoms with Crippen LogP contribution in [0.15, 0.2) is 11.3 Å². The topological polar surface area (TPSA) is 102 Å². The van der Waals surface area contributed by atoms with Gasteiger partial charge in [0.05, 0.1) is 7.11 Å². The lowest BCUT2D eigenvalue weighted by atomic mass is 10.0. The van der Waals surface area contributed by atoms with Crippen LogP contribution in [0.5, 0.6) is 0 Å². The summed E-state index contributed by atoms with van der Waals surface area (Å²) in [6.45, 7) is 1.20. The van der Waals surface area contributed by atoms with E-state index in [2.05, 4.69) is 21.2 Å². The average Bonchev–Trinajstić information content (AvgIpc) is 2.66. The van der Waals surface area contributed by atoms with Crippen LogP contribution in [0, 0.1) is 0 Å². The highest BCUT2D eigenvalue weighted by Gasteiger charge is 2.54. The van der Waals surface area contributed by atoms with Crippen molar-refractivity contribution in [2.75, 3.05) is 24.8 Å². The van der Waals surface area contributed by atoms with Gasteiger partial charge in [0, 0.05) is 30.0 Å². The smallest absolute Gasteiger partial charge is 0.354 e. The molecule has 2 amide bonds. The second-order valence-electron chi connectivity index (χ2n) is 6.18. The molecular formula is C17H23BrN2O6S. The SMILES string of the molecule is COC(=O)C1=C(COC(C)=O)CS[C@@H]2[C@H](NC(=O)CCCCCBr)C(=O)N12. The third-order valence-corrected chi connectivity index (χ3v) is 6.13. The molecule has 2 aliphatic heterocycles. The van der Waals surface area contributed by atoms with Gasteiger partial charge in [0.25, 0.3) is 5.91 Å². The van der Waals surface area contributed by atoms with E-state index in [1.165, 1.54) is 30.7 Å². The Morgan fingerprint density at radius 2 is 2.04 bits per heavy atom. The van der Waals surface area contributed by atoms with Crippen molar-refractivity contribution in [1.29, 1.82) is 0 Å². The quantitative estimate of drug-likeness (QED) is 0.238. The molecule has 150 valence electrons. The van der Waals surface area contributed by atoms with Crippen molar-refractivity contribution in [2.24, 2.45) is 0 Å². The number of rotatable bonds is 9. The van der Waals surface area contributed by atoms with Crippen LogP contribution in [0.2, 0.25) is 0 Å². The first-order chi connectivity index (χ1) is 12.9. The van der Waals surface area contributed by atoms with Crippen molar-refractivity contribution in [3.63, 3.8) is 0 Å². The molecule has 0 radical (unpaired) electrons. The van der Waals surface area contributed by atoms with Gasteiger partial charge >= 0.3 is 11.9 Å². The van der Waals surface area contributed by atoms with Gasteiger partial charge in [-0.15, -0.1) is 11.8 Å². The zero-order valence-electron chi connectivity index (χ0n) is 15.3. The predicted octanol–water partition coefficient (Wildman–Crippen LogP) is 1.33. The maximum atomic E-state index is 12.6. The van der Waals surface area contributed by atoms with Gasteiger partial charge < -0.3 is 14.8 Å². The summed E-state index contributed by atoms with van der Waals surface area (Å²) < 4.78 is 9.76. The van der Waals surface area contributed by atoms with E-state index in [9.17, 15) is 19.2 Å². The van der Waals surface area contributed by atoms with Crippen LogP contribution in [0.25, 0.3) is 0 Å². The Kier molecular flexibility index (Phi) is 8.15. The molecule has 1 N–H and O–H groups in total. The summed E-state index contributed by atoms with van der Waals surface area (Å²) in [4.78, 5) is 49.2. The Bertz CT molecular complexity index is 653. The normalized spacial score (nSPS) is 21.3. The van der Waals surface area contributed by atoms with Gasteiger partial charge in [-0.05, 0) is 12.8 Å². The number of esters is 2. The Morgan fingerprint density at radius 3 is 2.67 bits per heavy atom. The number of thioether (sulfide) groups is 1. The minimum absolute atomic E-state index is 0.0755. The average molecular weight is 463 g/mol. The molecule has 27 heavy (non-hydrogen) atoms. The summed E-state index contributed by atoms with van der Waals surface area (Å²) in [6, 6.07) is -0.659. The number of ether oxygens (including phenoxy) is 2. The molecule has 8 nitrogen and oxygen atoms in total. The van der Waals surface area contributed by atoms with Gasteiger partial charge in [0.2, 0.25) is 5.91 Å². The lowest BCUT2D eigenvalue weighted by molar-refractivity contribution is -0.152. The van der Waals surface area contributed by atoms with Crippen LogP contribution in [-0.4, -0.2) is 64.9 Å². The van der Waals surface area contributed by atoms with Crippen LogP contribution >= 0.6 is 27.7 Å². The molecule has 2 rings (SSSR count). The molecule has 0 aromatic rings. The van der Waals surface area contributed by atoms with Gasteiger partial charge in [-0.25, -0.2) is 4.79 Å². The van der Waals surface area contributed by atoms with Crippen LogP contribution < -0.4 is 5.32 Å². The highest BCUT2D eigenvalue weighted by atomic mass is 79.9. The van der Waals surface area contributed by atoms with Gasteiger partial charge in [-0.3, -0.25) is 19.3 Å². The second kappa shape index (κ2) is 10.1. The molecule has 2 atom stereocenters. The van der Waals surface area contributed by atoms with Gasteiger partial charge in [0.15, 0.2) is 0 Å². The van der Waals surface area contributed by atoms with Crippen molar-refractivity contribution in [3.8, 4) is 0 Å². The first kappa shape index (κ1) is 21.7. The number of amides is 2. The number of methoxy groups -OCH3 is 1. The number of carbonyl (C=O) groups excluding carboxylic acids is 4. The molecule has 2 heterocycles. The highest BCUT2D eigenvalue weighted by Crippen LogP contribution is 2.40. The van der Waals surface area contributed by atoms with E-state index in [1.54, 1.807) is 0 Å². The molecule has 1 saturated heterocycles. The molecule has 0 spiro atoms. The van der Waals surface area contributed by atoms with Gasteiger partial charge in [-0.1, -0.05) is 22.4 Å². The minimum atomic E-state index is -0.659. The standard InChI is InChI=1S/C17H23BrN2O6S/c1-10(21)26-8-11-9-27-16-13(19-12(22)6-4-3-5-7-18)15(23)20(16)14(11)17(24)25-2/h13,16H,3-9H2,1-2H3,(H,19,22)/t13-,16-/m1/s1. The van der Waals surface area contributed by atoms with Crippen LogP contribution in [-0.2, 0) is 28.7 Å². The largest absolute Gasteiger partial charge is 0.464 e. The maximum absolute atomic E-state index is 12.6. The van der Waals surface area contributed by atoms with E-state index < -0.39 is 18.0 Å². The van der Waals surface area contributed by atoms with Crippen LogP contribution in [0.3, 0.4) is 0 Å². The first-order valence-electron chi connectivity index (χ1n) is 8.64.